The number of rotatable bonds is 29. The minimum atomic E-state index is -4.58. The molecule has 0 fully saturated rings. The Morgan fingerprint density at radius 3 is 1.27 bits per heavy atom. The second-order valence-corrected chi connectivity index (χ2v) is 13.9. The molecule has 0 heterocycles. The summed E-state index contributed by atoms with van der Waals surface area (Å²) in [4.78, 5) is 25.0. The van der Waals surface area contributed by atoms with E-state index < -0.39 is 33.9 Å². The van der Waals surface area contributed by atoms with E-state index in [2.05, 4.69) is 6.92 Å². The first-order valence-electron chi connectivity index (χ1n) is 17.7. The first-order valence-corrected chi connectivity index (χ1v) is 19.2. The number of hydrogen-bond acceptors (Lipinski definition) is 7. The van der Waals surface area contributed by atoms with Gasteiger partial charge < -0.3 is 14.0 Å². The zero-order valence-electron chi connectivity index (χ0n) is 28.8. The Morgan fingerprint density at radius 2 is 0.933 bits per heavy atom. The Labute approximate surface area is 297 Å². The van der Waals surface area contributed by atoms with Crippen molar-refractivity contribution in [3.8, 4) is 0 Å². The molecule has 0 radical (unpaired) electrons. The van der Waals surface area contributed by atoms with Crippen LogP contribution in [0.3, 0.4) is 0 Å². The van der Waals surface area contributed by atoms with E-state index in [1.54, 1.807) is 12.1 Å². The summed E-state index contributed by atoms with van der Waals surface area (Å²) in [6.07, 6.45) is 29.0. The van der Waals surface area contributed by atoms with Gasteiger partial charge in [-0.2, -0.15) is 0 Å². The molecule has 0 aliphatic heterocycles. The minimum absolute atomic E-state index is 0. The Morgan fingerprint density at radius 1 is 0.600 bits per heavy atom. The van der Waals surface area contributed by atoms with Crippen LogP contribution in [-0.2, 0) is 19.6 Å². The van der Waals surface area contributed by atoms with Crippen molar-refractivity contribution in [1.82, 2.24) is 0 Å². The van der Waals surface area contributed by atoms with Gasteiger partial charge in [-0.25, -0.2) is 18.0 Å². The van der Waals surface area contributed by atoms with Gasteiger partial charge in [0.15, 0.2) is 0 Å². The summed E-state index contributed by atoms with van der Waals surface area (Å²) in [5.74, 6) is -1.48. The SMILES string of the molecule is CCCCCCCCCCCCCCCCCCCCCCCCOC(=O)c1ccccc1C(=O)OCC(CC)S(=O)(=O)[O-].[Na+]. The maximum absolute atomic E-state index is 12.6. The van der Waals surface area contributed by atoms with Gasteiger partial charge in [-0.3, -0.25) is 0 Å². The fourth-order valence-corrected chi connectivity index (χ4v) is 6.09. The van der Waals surface area contributed by atoms with Crippen molar-refractivity contribution >= 4 is 22.1 Å². The van der Waals surface area contributed by atoms with Crippen molar-refractivity contribution in [1.29, 1.82) is 0 Å². The van der Waals surface area contributed by atoms with Crippen molar-refractivity contribution in [3.05, 3.63) is 35.4 Å². The van der Waals surface area contributed by atoms with Gasteiger partial charge in [0.25, 0.3) is 0 Å². The van der Waals surface area contributed by atoms with E-state index in [-0.39, 0.29) is 53.7 Å². The van der Waals surface area contributed by atoms with Crippen LogP contribution in [0.1, 0.15) is 182 Å². The smallest absolute Gasteiger partial charge is 0.748 e. The molecule has 0 bridgehead atoms. The summed E-state index contributed by atoms with van der Waals surface area (Å²) in [6.45, 7) is 3.53. The van der Waals surface area contributed by atoms with Crippen LogP contribution in [-0.4, -0.2) is 43.4 Å². The van der Waals surface area contributed by atoms with Crippen LogP contribution in [0, 0.1) is 0 Å². The third-order valence-corrected chi connectivity index (χ3v) is 9.65. The predicted molar refractivity (Wildman–Crippen MR) is 178 cm³/mol. The average molecular weight is 661 g/mol. The van der Waals surface area contributed by atoms with E-state index in [9.17, 15) is 22.6 Å². The number of hydrogen-bond donors (Lipinski definition) is 0. The summed E-state index contributed by atoms with van der Waals surface area (Å²) in [7, 11) is -4.58. The molecule has 0 aliphatic carbocycles. The summed E-state index contributed by atoms with van der Waals surface area (Å²) in [5, 5.41) is -1.32. The van der Waals surface area contributed by atoms with E-state index >= 15 is 0 Å². The van der Waals surface area contributed by atoms with Crippen molar-refractivity contribution < 1.29 is 61.6 Å². The normalized spacial score (nSPS) is 12.0. The second-order valence-electron chi connectivity index (χ2n) is 12.2. The first-order chi connectivity index (χ1) is 21.3. The number of unbranched alkanes of at least 4 members (excludes halogenated alkanes) is 21. The third-order valence-electron chi connectivity index (χ3n) is 8.36. The van der Waals surface area contributed by atoms with E-state index in [1.807, 2.05) is 0 Å². The number of ether oxygens (including phenoxy) is 2. The fourth-order valence-electron chi connectivity index (χ4n) is 5.44. The van der Waals surface area contributed by atoms with Crippen LogP contribution in [0.5, 0.6) is 0 Å². The third kappa shape index (κ3) is 23.1. The Kier molecular flexibility index (Phi) is 28.6. The van der Waals surface area contributed by atoms with Gasteiger partial charge in [0.2, 0.25) is 0 Å². The summed E-state index contributed by atoms with van der Waals surface area (Å²) < 4.78 is 44.1. The molecule has 1 rings (SSSR count). The van der Waals surface area contributed by atoms with E-state index in [4.69, 9.17) is 9.47 Å². The monoisotopic (exact) mass is 660 g/mol. The maximum Gasteiger partial charge on any atom is 1.00 e. The van der Waals surface area contributed by atoms with Gasteiger partial charge in [0.05, 0.1) is 23.0 Å². The number of esters is 2. The minimum Gasteiger partial charge on any atom is -0.748 e. The molecule has 0 spiro atoms. The molecule has 0 amide bonds. The molecule has 1 atom stereocenters. The number of carbonyl (C=O) groups is 2. The van der Waals surface area contributed by atoms with Crippen molar-refractivity contribution in [2.24, 2.45) is 0 Å². The molecule has 0 saturated heterocycles. The molecular formula is C36H61NaO7S. The number of carbonyl (C=O) groups excluding carboxylic acids is 2. The molecule has 0 N–H and O–H groups in total. The zero-order valence-corrected chi connectivity index (χ0v) is 31.6. The molecule has 1 aromatic carbocycles. The molecule has 1 unspecified atom stereocenters. The molecule has 9 heteroatoms. The van der Waals surface area contributed by atoms with Crippen LogP contribution in [0.4, 0.5) is 0 Å². The van der Waals surface area contributed by atoms with Crippen molar-refractivity contribution in [3.63, 3.8) is 0 Å². The van der Waals surface area contributed by atoms with Crippen LogP contribution in [0.25, 0.3) is 0 Å². The average Bonchev–Trinajstić information content (AvgIpc) is 3.00. The zero-order chi connectivity index (χ0) is 32.3. The summed E-state index contributed by atoms with van der Waals surface area (Å²) in [5.41, 5.74) is 0.0547. The van der Waals surface area contributed by atoms with Gasteiger partial charge in [-0.05, 0) is 25.0 Å². The molecule has 254 valence electrons. The summed E-state index contributed by atoms with van der Waals surface area (Å²) >= 11 is 0. The standard InChI is InChI=1S/C36H62O7S.Na/c1-3-5-6-7-8-9-10-11-12-13-14-15-16-17-18-19-20-21-22-23-24-27-30-42-35(37)33-28-25-26-29-34(33)36(38)43-31-32(4-2)44(39,40)41;/h25-26,28-29,32H,3-24,27,30-31H2,1-2H3,(H,39,40,41);/q;+1/p-1. The molecule has 45 heavy (non-hydrogen) atoms. The van der Waals surface area contributed by atoms with Gasteiger partial charge in [0, 0.05) is 0 Å². The van der Waals surface area contributed by atoms with Gasteiger partial charge >= 0.3 is 41.5 Å². The van der Waals surface area contributed by atoms with E-state index in [1.165, 1.54) is 141 Å². The number of benzene rings is 1. The largest absolute Gasteiger partial charge is 1.00 e. The molecule has 1 aromatic rings. The Hall–Kier alpha value is -0.930. The van der Waals surface area contributed by atoms with Crippen LogP contribution < -0.4 is 29.6 Å². The fraction of sp³-hybridized carbons (Fsp3) is 0.778. The molecule has 0 aromatic heterocycles. The van der Waals surface area contributed by atoms with Crippen molar-refractivity contribution in [2.45, 2.75) is 167 Å². The van der Waals surface area contributed by atoms with Crippen LogP contribution in [0.15, 0.2) is 24.3 Å². The van der Waals surface area contributed by atoms with Crippen LogP contribution >= 0.6 is 0 Å². The van der Waals surface area contributed by atoms with Crippen LogP contribution in [0.2, 0.25) is 0 Å². The van der Waals surface area contributed by atoms with Crippen molar-refractivity contribution in [2.75, 3.05) is 13.2 Å². The Bertz CT molecular complexity index is 983. The predicted octanol–water partition coefficient (Wildman–Crippen LogP) is 6.93. The van der Waals surface area contributed by atoms with Gasteiger partial charge in [0.1, 0.15) is 16.7 Å². The maximum atomic E-state index is 12.6. The van der Waals surface area contributed by atoms with E-state index in [0.29, 0.717) is 0 Å². The molecule has 7 nitrogen and oxygen atoms in total. The quantitative estimate of drug-likeness (QED) is 0.0397. The molecule has 0 aliphatic rings. The van der Waals surface area contributed by atoms with Gasteiger partial charge in [-0.15, -0.1) is 0 Å². The second kappa shape index (κ2) is 29.2. The topological polar surface area (TPSA) is 110 Å². The molecule has 0 saturated carbocycles. The van der Waals surface area contributed by atoms with E-state index in [0.717, 1.165) is 19.3 Å². The molecular weight excluding hydrogens is 599 g/mol. The first kappa shape index (κ1) is 44.1. The van der Waals surface area contributed by atoms with Gasteiger partial charge in [-0.1, -0.05) is 161 Å². The Balaban J connectivity index is 0.0000194. The summed E-state index contributed by atoms with van der Waals surface area (Å²) in [6, 6.07) is 6.09.